The van der Waals surface area contributed by atoms with Crippen LogP contribution in [0.4, 0.5) is 5.82 Å². The first-order valence-electron chi connectivity index (χ1n) is 7.66. The molecule has 0 saturated carbocycles. The molecule has 4 heteroatoms. The standard InChI is InChI=1S/C16H26N4/c1-12(2)19-10-14-7-15(11-19)20(14)9-13-5-6-16(17-8-13)18(3)4/h5-6,8,12,14-15H,7,9-11H2,1-4H3. The Morgan fingerprint density at radius 3 is 2.45 bits per heavy atom. The molecule has 3 aliphatic rings. The minimum atomic E-state index is 0.684. The van der Waals surface area contributed by atoms with Crippen LogP contribution in [0.2, 0.25) is 0 Å². The van der Waals surface area contributed by atoms with Crippen molar-refractivity contribution in [3.8, 4) is 0 Å². The Kier molecular flexibility index (Phi) is 3.69. The summed E-state index contributed by atoms with van der Waals surface area (Å²) in [7, 11) is 4.06. The van der Waals surface area contributed by atoms with E-state index in [-0.39, 0.29) is 0 Å². The number of pyridine rings is 1. The van der Waals surface area contributed by atoms with E-state index in [0.29, 0.717) is 6.04 Å². The summed E-state index contributed by atoms with van der Waals surface area (Å²) in [5.41, 5.74) is 1.34. The van der Waals surface area contributed by atoms with Crippen molar-refractivity contribution in [3.63, 3.8) is 0 Å². The van der Waals surface area contributed by atoms with Crippen molar-refractivity contribution in [1.82, 2.24) is 14.8 Å². The molecule has 0 radical (unpaired) electrons. The van der Waals surface area contributed by atoms with Crippen molar-refractivity contribution < 1.29 is 0 Å². The largest absolute Gasteiger partial charge is 0.363 e. The highest BCUT2D eigenvalue weighted by Crippen LogP contribution is 2.34. The Bertz CT molecular complexity index is 442. The Balaban J connectivity index is 1.60. The molecule has 0 spiro atoms. The van der Waals surface area contributed by atoms with Gasteiger partial charge in [-0.3, -0.25) is 9.80 Å². The van der Waals surface area contributed by atoms with E-state index in [1.54, 1.807) is 0 Å². The van der Waals surface area contributed by atoms with E-state index < -0.39 is 0 Å². The summed E-state index contributed by atoms with van der Waals surface area (Å²) in [5, 5.41) is 0. The molecule has 1 aromatic heterocycles. The molecule has 4 heterocycles. The third kappa shape index (κ3) is 2.54. The molecule has 2 bridgehead atoms. The molecule has 0 N–H and O–H groups in total. The van der Waals surface area contributed by atoms with Crippen LogP contribution in [-0.2, 0) is 6.54 Å². The zero-order valence-corrected chi connectivity index (χ0v) is 13.1. The Morgan fingerprint density at radius 2 is 1.95 bits per heavy atom. The van der Waals surface area contributed by atoms with Gasteiger partial charge in [-0.1, -0.05) is 6.07 Å². The third-order valence-electron chi connectivity index (χ3n) is 4.74. The Hall–Kier alpha value is -1.13. The highest BCUT2D eigenvalue weighted by Gasteiger charge is 2.44. The zero-order valence-electron chi connectivity index (χ0n) is 13.1. The van der Waals surface area contributed by atoms with E-state index in [4.69, 9.17) is 0 Å². The monoisotopic (exact) mass is 274 g/mol. The van der Waals surface area contributed by atoms with Gasteiger partial charge in [0.05, 0.1) is 0 Å². The summed E-state index contributed by atoms with van der Waals surface area (Å²) in [6.07, 6.45) is 3.41. The van der Waals surface area contributed by atoms with E-state index in [1.165, 1.54) is 25.1 Å². The molecular weight excluding hydrogens is 248 g/mol. The van der Waals surface area contributed by atoms with Crippen LogP contribution in [0.3, 0.4) is 0 Å². The number of hydrogen-bond donors (Lipinski definition) is 0. The van der Waals surface area contributed by atoms with Gasteiger partial charge in [0.25, 0.3) is 0 Å². The molecule has 4 rings (SSSR count). The lowest BCUT2D eigenvalue weighted by Crippen LogP contribution is -2.68. The predicted octanol–water partition coefficient (Wildman–Crippen LogP) is 1.81. The number of aromatic nitrogens is 1. The number of rotatable bonds is 4. The van der Waals surface area contributed by atoms with Gasteiger partial charge in [0.2, 0.25) is 0 Å². The lowest BCUT2D eigenvalue weighted by molar-refractivity contribution is -0.0835. The molecule has 3 fully saturated rings. The molecule has 110 valence electrons. The maximum Gasteiger partial charge on any atom is 0.127 e. The first-order valence-corrected chi connectivity index (χ1v) is 7.66. The topological polar surface area (TPSA) is 22.6 Å². The maximum absolute atomic E-state index is 4.52. The number of anilines is 1. The van der Waals surface area contributed by atoms with Gasteiger partial charge in [0.1, 0.15) is 5.82 Å². The van der Waals surface area contributed by atoms with Crippen LogP contribution in [0.1, 0.15) is 25.8 Å². The molecular formula is C16H26N4. The fourth-order valence-electron chi connectivity index (χ4n) is 3.39. The second-order valence-electron chi connectivity index (χ2n) is 6.68. The molecule has 4 nitrogen and oxygen atoms in total. The minimum absolute atomic E-state index is 0.684. The van der Waals surface area contributed by atoms with Crippen molar-refractivity contribution in [2.75, 3.05) is 32.1 Å². The Labute approximate surface area is 122 Å². The SMILES string of the molecule is CC(C)N1CC2CC(C1)N2Cc1ccc(N(C)C)nc1. The Morgan fingerprint density at radius 1 is 1.25 bits per heavy atom. The summed E-state index contributed by atoms with van der Waals surface area (Å²) >= 11 is 0. The fourth-order valence-corrected chi connectivity index (χ4v) is 3.39. The highest BCUT2D eigenvalue weighted by atomic mass is 15.4. The first kappa shape index (κ1) is 13.8. The molecule has 3 saturated heterocycles. The molecule has 3 aliphatic heterocycles. The van der Waals surface area contributed by atoms with Gasteiger partial charge in [0.15, 0.2) is 0 Å². The van der Waals surface area contributed by atoms with Gasteiger partial charge in [-0.15, -0.1) is 0 Å². The molecule has 2 unspecified atom stereocenters. The summed E-state index contributed by atoms with van der Waals surface area (Å²) < 4.78 is 0. The van der Waals surface area contributed by atoms with Gasteiger partial charge in [0, 0.05) is 58.1 Å². The molecule has 1 aromatic rings. The zero-order chi connectivity index (χ0) is 14.3. The molecule has 0 aliphatic carbocycles. The van der Waals surface area contributed by atoms with Gasteiger partial charge < -0.3 is 4.90 Å². The average Bonchev–Trinajstić information content (AvgIpc) is 2.45. The number of piperidine rings is 1. The number of piperazine rings is 1. The molecule has 2 atom stereocenters. The molecule has 0 aromatic carbocycles. The van der Waals surface area contributed by atoms with Gasteiger partial charge in [-0.25, -0.2) is 4.98 Å². The molecule has 20 heavy (non-hydrogen) atoms. The fraction of sp³-hybridized carbons (Fsp3) is 0.688. The number of fused-ring (bicyclic) bond motifs is 2. The van der Waals surface area contributed by atoms with E-state index in [2.05, 4.69) is 40.8 Å². The van der Waals surface area contributed by atoms with Crippen LogP contribution in [0.25, 0.3) is 0 Å². The predicted molar refractivity (Wildman–Crippen MR) is 83.0 cm³/mol. The van der Waals surface area contributed by atoms with E-state index in [9.17, 15) is 0 Å². The van der Waals surface area contributed by atoms with Crippen molar-refractivity contribution in [1.29, 1.82) is 0 Å². The summed E-state index contributed by atoms with van der Waals surface area (Å²) in [6, 6.07) is 6.53. The smallest absolute Gasteiger partial charge is 0.127 e. The van der Waals surface area contributed by atoms with Crippen LogP contribution < -0.4 is 4.90 Å². The summed E-state index contributed by atoms with van der Waals surface area (Å²) in [6.45, 7) is 8.13. The van der Waals surface area contributed by atoms with Crippen molar-refractivity contribution >= 4 is 5.82 Å². The third-order valence-corrected chi connectivity index (χ3v) is 4.74. The van der Waals surface area contributed by atoms with Gasteiger partial charge >= 0.3 is 0 Å². The normalized spacial score (nSPS) is 26.6. The van der Waals surface area contributed by atoms with Crippen LogP contribution >= 0.6 is 0 Å². The van der Waals surface area contributed by atoms with Crippen LogP contribution in [0.5, 0.6) is 0 Å². The van der Waals surface area contributed by atoms with E-state index in [1.807, 2.05) is 25.2 Å². The van der Waals surface area contributed by atoms with Crippen LogP contribution in [0.15, 0.2) is 18.3 Å². The first-order chi connectivity index (χ1) is 9.54. The van der Waals surface area contributed by atoms with Crippen molar-refractivity contribution in [2.24, 2.45) is 0 Å². The van der Waals surface area contributed by atoms with Crippen molar-refractivity contribution in [3.05, 3.63) is 23.9 Å². The van der Waals surface area contributed by atoms with Crippen LogP contribution in [0, 0.1) is 0 Å². The summed E-state index contributed by atoms with van der Waals surface area (Å²) in [4.78, 5) is 11.8. The summed E-state index contributed by atoms with van der Waals surface area (Å²) in [5.74, 6) is 1.03. The van der Waals surface area contributed by atoms with Gasteiger partial charge in [-0.2, -0.15) is 0 Å². The minimum Gasteiger partial charge on any atom is -0.363 e. The van der Waals surface area contributed by atoms with Crippen molar-refractivity contribution in [2.45, 2.75) is 44.9 Å². The number of hydrogen-bond acceptors (Lipinski definition) is 4. The second kappa shape index (κ2) is 5.34. The maximum atomic E-state index is 4.52. The van der Waals surface area contributed by atoms with E-state index >= 15 is 0 Å². The van der Waals surface area contributed by atoms with E-state index in [0.717, 1.165) is 24.4 Å². The lowest BCUT2D eigenvalue weighted by Gasteiger charge is -2.57. The van der Waals surface area contributed by atoms with Crippen LogP contribution in [-0.4, -0.2) is 60.1 Å². The highest BCUT2D eigenvalue weighted by molar-refractivity contribution is 5.37. The quantitative estimate of drug-likeness (QED) is 0.835. The lowest BCUT2D eigenvalue weighted by atomic mass is 9.86. The molecule has 0 amide bonds. The second-order valence-corrected chi connectivity index (χ2v) is 6.68. The number of nitrogens with zero attached hydrogens (tertiary/aromatic N) is 4. The van der Waals surface area contributed by atoms with Gasteiger partial charge in [-0.05, 0) is 31.9 Å². The average molecular weight is 274 g/mol.